The van der Waals surface area contributed by atoms with E-state index < -0.39 is 11.7 Å². The van der Waals surface area contributed by atoms with Crippen LogP contribution in [0.1, 0.15) is 26.7 Å². The van der Waals surface area contributed by atoms with E-state index in [1.165, 1.54) is 0 Å². The first-order valence-electron chi connectivity index (χ1n) is 3.62. The topological polar surface area (TPSA) is 29.5 Å². The van der Waals surface area contributed by atoms with Gasteiger partial charge in [-0.15, -0.1) is 0 Å². The maximum absolute atomic E-state index is 8.86. The zero-order valence-electron chi connectivity index (χ0n) is 6.51. The number of aliphatic hydroxyl groups is 1. The summed E-state index contributed by atoms with van der Waals surface area (Å²) in [4.78, 5) is 0. The molecule has 0 fully saturated rings. The predicted octanol–water partition coefficient (Wildman–Crippen LogP) is 1.75. The van der Waals surface area contributed by atoms with E-state index in [0.717, 1.165) is 12.8 Å². The van der Waals surface area contributed by atoms with Crippen LogP contribution in [0.15, 0.2) is 0 Å². The van der Waals surface area contributed by atoms with E-state index in [9.17, 15) is 0 Å². The summed E-state index contributed by atoms with van der Waals surface area (Å²) in [5, 5.41) is 8.86. The summed E-state index contributed by atoms with van der Waals surface area (Å²) >= 11 is 5.58. The number of aliphatic hydroxyl groups excluding tert-OH is 1. The molecule has 10 heavy (non-hydrogen) atoms. The highest BCUT2D eigenvalue weighted by Crippen LogP contribution is 2.04. The van der Waals surface area contributed by atoms with Gasteiger partial charge < -0.3 is 9.84 Å². The van der Waals surface area contributed by atoms with Crippen molar-refractivity contribution in [3.05, 3.63) is 0 Å². The summed E-state index contributed by atoms with van der Waals surface area (Å²) in [5.41, 5.74) is -0.549. The fourth-order valence-corrected chi connectivity index (χ4v) is 0.569. The van der Waals surface area contributed by atoms with E-state index in [1.807, 2.05) is 0 Å². The van der Waals surface area contributed by atoms with Gasteiger partial charge in [0, 0.05) is 6.61 Å². The second-order valence-corrected chi connectivity index (χ2v) is 2.75. The Morgan fingerprint density at radius 3 is 2.60 bits per heavy atom. The van der Waals surface area contributed by atoms with Crippen LogP contribution in [0.5, 0.6) is 0 Å². The maximum atomic E-state index is 8.86. The number of alkyl halides is 1. The molecule has 0 aromatic heterocycles. The SMILES string of the molecule is CCCCOC(Cl)C(C)O. The first-order chi connectivity index (χ1) is 4.68. The van der Waals surface area contributed by atoms with Crippen LogP contribution in [0.25, 0.3) is 0 Å². The van der Waals surface area contributed by atoms with Gasteiger partial charge in [0.05, 0.1) is 6.10 Å². The van der Waals surface area contributed by atoms with Gasteiger partial charge in [-0.3, -0.25) is 0 Å². The average molecular weight is 167 g/mol. The Labute approximate surface area is 67.1 Å². The number of unbranched alkanes of at least 4 members (excludes halogenated alkanes) is 1. The largest absolute Gasteiger partial charge is 0.389 e. The van der Waals surface area contributed by atoms with E-state index in [-0.39, 0.29) is 0 Å². The maximum Gasteiger partial charge on any atom is 0.156 e. The van der Waals surface area contributed by atoms with E-state index in [0.29, 0.717) is 6.61 Å². The van der Waals surface area contributed by atoms with E-state index in [1.54, 1.807) is 6.92 Å². The highest BCUT2D eigenvalue weighted by Gasteiger charge is 2.09. The van der Waals surface area contributed by atoms with Crippen LogP contribution in [0.2, 0.25) is 0 Å². The summed E-state index contributed by atoms with van der Waals surface area (Å²) in [5.74, 6) is 0. The standard InChI is InChI=1S/C7H15ClO2/c1-3-4-5-10-7(8)6(2)9/h6-7,9H,3-5H2,1-2H3. The van der Waals surface area contributed by atoms with Crippen LogP contribution < -0.4 is 0 Å². The lowest BCUT2D eigenvalue weighted by Gasteiger charge is -2.12. The summed E-state index contributed by atoms with van der Waals surface area (Å²) in [7, 11) is 0. The molecule has 0 aromatic carbocycles. The Balaban J connectivity index is 3.13. The molecule has 0 aromatic rings. The van der Waals surface area contributed by atoms with E-state index >= 15 is 0 Å². The first-order valence-corrected chi connectivity index (χ1v) is 4.06. The molecule has 0 aliphatic heterocycles. The quantitative estimate of drug-likeness (QED) is 0.498. The lowest BCUT2D eigenvalue weighted by Crippen LogP contribution is -2.20. The number of hydrogen-bond acceptors (Lipinski definition) is 2. The second kappa shape index (κ2) is 5.96. The third-order valence-electron chi connectivity index (χ3n) is 1.15. The molecule has 0 spiro atoms. The van der Waals surface area contributed by atoms with Crippen molar-refractivity contribution in [2.24, 2.45) is 0 Å². The molecular formula is C7H15ClO2. The molecule has 62 valence electrons. The van der Waals surface area contributed by atoms with Crippen molar-refractivity contribution in [3.63, 3.8) is 0 Å². The molecule has 1 N–H and O–H groups in total. The van der Waals surface area contributed by atoms with Gasteiger partial charge in [-0.1, -0.05) is 24.9 Å². The normalized spacial score (nSPS) is 16.8. The highest BCUT2D eigenvalue weighted by molar-refractivity contribution is 6.20. The molecule has 0 heterocycles. The first kappa shape index (κ1) is 10.2. The monoisotopic (exact) mass is 166 g/mol. The van der Waals surface area contributed by atoms with Crippen LogP contribution in [0.3, 0.4) is 0 Å². The molecule has 2 atom stereocenters. The molecule has 2 unspecified atom stereocenters. The smallest absolute Gasteiger partial charge is 0.156 e. The minimum atomic E-state index is -0.585. The average Bonchev–Trinajstić information content (AvgIpc) is 1.88. The van der Waals surface area contributed by atoms with Crippen molar-refractivity contribution in [3.8, 4) is 0 Å². The van der Waals surface area contributed by atoms with Gasteiger partial charge in [-0.05, 0) is 13.3 Å². The van der Waals surface area contributed by atoms with Gasteiger partial charge in [-0.2, -0.15) is 0 Å². The van der Waals surface area contributed by atoms with Crippen molar-refractivity contribution in [2.75, 3.05) is 6.61 Å². The zero-order chi connectivity index (χ0) is 7.98. The number of ether oxygens (including phenoxy) is 1. The second-order valence-electron chi connectivity index (χ2n) is 2.32. The zero-order valence-corrected chi connectivity index (χ0v) is 7.27. The minimum absolute atomic E-state index is 0.549. The molecule has 3 heteroatoms. The van der Waals surface area contributed by atoms with Crippen molar-refractivity contribution >= 4 is 11.6 Å². The predicted molar refractivity (Wildman–Crippen MR) is 42.2 cm³/mol. The third kappa shape index (κ3) is 5.03. The van der Waals surface area contributed by atoms with E-state index in [2.05, 4.69) is 6.92 Å². The van der Waals surface area contributed by atoms with Gasteiger partial charge in [0.1, 0.15) is 0 Å². The number of halogens is 1. The Morgan fingerprint density at radius 1 is 1.60 bits per heavy atom. The molecule has 0 aliphatic rings. The number of hydrogen-bond donors (Lipinski definition) is 1. The molecule has 0 bridgehead atoms. The Kier molecular flexibility index (Phi) is 6.08. The molecule has 0 saturated heterocycles. The summed E-state index contributed by atoms with van der Waals surface area (Å²) in [6.45, 7) is 4.33. The van der Waals surface area contributed by atoms with Crippen LogP contribution in [-0.2, 0) is 4.74 Å². The van der Waals surface area contributed by atoms with Crippen LogP contribution in [0.4, 0.5) is 0 Å². The van der Waals surface area contributed by atoms with Gasteiger partial charge in [-0.25, -0.2) is 0 Å². The Hall–Kier alpha value is 0.210. The Morgan fingerprint density at radius 2 is 2.20 bits per heavy atom. The molecule has 0 radical (unpaired) electrons. The van der Waals surface area contributed by atoms with Crippen LogP contribution in [-0.4, -0.2) is 23.4 Å². The van der Waals surface area contributed by atoms with Crippen molar-refractivity contribution in [2.45, 2.75) is 38.4 Å². The van der Waals surface area contributed by atoms with Crippen molar-refractivity contribution in [1.29, 1.82) is 0 Å². The van der Waals surface area contributed by atoms with E-state index in [4.69, 9.17) is 21.4 Å². The van der Waals surface area contributed by atoms with Crippen molar-refractivity contribution in [1.82, 2.24) is 0 Å². The van der Waals surface area contributed by atoms with Gasteiger partial charge in [0.15, 0.2) is 5.56 Å². The molecule has 0 amide bonds. The fourth-order valence-electron chi connectivity index (χ4n) is 0.480. The minimum Gasteiger partial charge on any atom is -0.389 e. The highest BCUT2D eigenvalue weighted by atomic mass is 35.5. The molecular weight excluding hydrogens is 152 g/mol. The third-order valence-corrected chi connectivity index (χ3v) is 1.64. The van der Waals surface area contributed by atoms with Crippen molar-refractivity contribution < 1.29 is 9.84 Å². The lowest BCUT2D eigenvalue weighted by atomic mass is 10.3. The molecule has 0 rings (SSSR count). The Bertz CT molecular complexity index is 76.0. The van der Waals surface area contributed by atoms with Crippen LogP contribution in [0, 0.1) is 0 Å². The summed E-state index contributed by atoms with van der Waals surface area (Å²) < 4.78 is 5.06. The number of rotatable bonds is 5. The van der Waals surface area contributed by atoms with Gasteiger partial charge in [0.25, 0.3) is 0 Å². The fraction of sp³-hybridized carbons (Fsp3) is 1.00. The molecule has 0 aliphatic carbocycles. The molecule has 0 saturated carbocycles. The summed E-state index contributed by atoms with van der Waals surface area (Å²) in [6, 6.07) is 0. The van der Waals surface area contributed by atoms with Crippen LogP contribution >= 0.6 is 11.6 Å². The van der Waals surface area contributed by atoms with Gasteiger partial charge >= 0.3 is 0 Å². The lowest BCUT2D eigenvalue weighted by molar-refractivity contribution is 0.0177. The summed E-state index contributed by atoms with van der Waals surface area (Å²) in [6.07, 6.45) is 1.50. The van der Waals surface area contributed by atoms with Gasteiger partial charge in [0.2, 0.25) is 0 Å². The molecule has 2 nitrogen and oxygen atoms in total.